The van der Waals surface area contributed by atoms with Crippen LogP contribution in [0.4, 0.5) is 4.39 Å². The molecule has 0 fully saturated rings. The van der Waals surface area contributed by atoms with Crippen LogP contribution in [0.1, 0.15) is 11.1 Å². The zero-order chi connectivity index (χ0) is 14.1. The monoisotopic (exact) mass is 333 g/mol. The molecule has 0 saturated carbocycles. The van der Waals surface area contributed by atoms with E-state index < -0.39 is 0 Å². The van der Waals surface area contributed by atoms with Crippen molar-refractivity contribution in [2.75, 3.05) is 0 Å². The van der Waals surface area contributed by atoms with E-state index in [-0.39, 0.29) is 12.4 Å². The van der Waals surface area contributed by atoms with Gasteiger partial charge in [-0.25, -0.2) is 4.39 Å². The number of benzene rings is 2. The maximum Gasteiger partial charge on any atom is 0.137 e. The van der Waals surface area contributed by atoms with Crippen molar-refractivity contribution < 1.29 is 9.50 Å². The van der Waals surface area contributed by atoms with Crippen molar-refractivity contribution in [3.8, 4) is 0 Å². The fourth-order valence-electron chi connectivity index (χ4n) is 2.32. The number of aliphatic hydroxyl groups excluding tert-OH is 1. The van der Waals surface area contributed by atoms with Crippen molar-refractivity contribution in [1.82, 2.24) is 4.57 Å². The molecular formula is C16H13BrFNO. The second-order valence-electron chi connectivity index (χ2n) is 4.74. The first-order chi connectivity index (χ1) is 9.67. The van der Waals surface area contributed by atoms with Crippen LogP contribution < -0.4 is 0 Å². The minimum absolute atomic E-state index is 0.0476. The fraction of sp³-hybridized carbons (Fsp3) is 0.125. The molecule has 0 saturated heterocycles. The Balaban J connectivity index is 1.96. The molecule has 0 bridgehead atoms. The van der Waals surface area contributed by atoms with Crippen molar-refractivity contribution in [3.05, 3.63) is 70.1 Å². The number of nitrogens with zero attached hydrogens (tertiary/aromatic N) is 1. The van der Waals surface area contributed by atoms with Gasteiger partial charge in [0.2, 0.25) is 0 Å². The van der Waals surface area contributed by atoms with E-state index in [9.17, 15) is 4.39 Å². The van der Waals surface area contributed by atoms with Gasteiger partial charge in [0.05, 0.1) is 11.1 Å². The second kappa shape index (κ2) is 5.38. The average Bonchev–Trinajstić information content (AvgIpc) is 2.85. The topological polar surface area (TPSA) is 25.2 Å². The SMILES string of the molecule is OCc1ccc2c(ccn2Cc2ccc(F)c(Br)c2)c1. The lowest BCUT2D eigenvalue weighted by molar-refractivity contribution is 0.282. The highest BCUT2D eigenvalue weighted by Crippen LogP contribution is 2.21. The van der Waals surface area contributed by atoms with Gasteiger partial charge in [0.15, 0.2) is 0 Å². The molecule has 2 nitrogen and oxygen atoms in total. The summed E-state index contributed by atoms with van der Waals surface area (Å²) in [6.45, 7) is 0.729. The molecule has 0 aliphatic carbocycles. The Bertz CT molecular complexity index is 766. The molecular weight excluding hydrogens is 321 g/mol. The van der Waals surface area contributed by atoms with E-state index in [4.69, 9.17) is 5.11 Å². The Morgan fingerprint density at radius 3 is 2.60 bits per heavy atom. The Labute approximate surface area is 124 Å². The summed E-state index contributed by atoms with van der Waals surface area (Å²) >= 11 is 3.21. The third-order valence-electron chi connectivity index (χ3n) is 3.35. The van der Waals surface area contributed by atoms with E-state index in [2.05, 4.69) is 20.5 Å². The molecule has 0 aliphatic heterocycles. The number of fused-ring (bicyclic) bond motifs is 1. The quantitative estimate of drug-likeness (QED) is 0.767. The van der Waals surface area contributed by atoms with E-state index >= 15 is 0 Å². The summed E-state index contributed by atoms with van der Waals surface area (Å²) in [4.78, 5) is 0. The summed E-state index contributed by atoms with van der Waals surface area (Å²) in [6.07, 6.45) is 2.00. The van der Waals surface area contributed by atoms with Crippen molar-refractivity contribution in [2.45, 2.75) is 13.2 Å². The third kappa shape index (κ3) is 2.49. The molecule has 0 spiro atoms. The molecule has 3 rings (SSSR count). The van der Waals surface area contributed by atoms with Crippen molar-refractivity contribution in [3.63, 3.8) is 0 Å². The summed E-state index contributed by atoms with van der Waals surface area (Å²) in [5.74, 6) is -0.251. The Morgan fingerprint density at radius 1 is 1.05 bits per heavy atom. The maximum absolute atomic E-state index is 13.2. The maximum atomic E-state index is 13.2. The molecule has 2 aromatic carbocycles. The minimum Gasteiger partial charge on any atom is -0.392 e. The van der Waals surface area contributed by atoms with E-state index in [1.807, 2.05) is 30.5 Å². The zero-order valence-electron chi connectivity index (χ0n) is 10.7. The molecule has 0 atom stereocenters. The van der Waals surface area contributed by atoms with Crippen LogP contribution in [-0.4, -0.2) is 9.67 Å². The molecule has 1 heterocycles. The van der Waals surface area contributed by atoms with Gasteiger partial charge in [0.1, 0.15) is 5.82 Å². The van der Waals surface area contributed by atoms with E-state index in [1.54, 1.807) is 12.1 Å². The summed E-state index contributed by atoms with van der Waals surface area (Å²) < 4.78 is 15.8. The summed E-state index contributed by atoms with van der Waals surface area (Å²) in [6, 6.07) is 13.0. The molecule has 1 aromatic heterocycles. The summed E-state index contributed by atoms with van der Waals surface area (Å²) in [7, 11) is 0. The lowest BCUT2D eigenvalue weighted by Crippen LogP contribution is -1.98. The average molecular weight is 334 g/mol. The van der Waals surface area contributed by atoms with Crippen molar-refractivity contribution >= 4 is 26.8 Å². The summed E-state index contributed by atoms with van der Waals surface area (Å²) in [5, 5.41) is 10.2. The van der Waals surface area contributed by atoms with Gasteiger partial charge in [0.25, 0.3) is 0 Å². The summed E-state index contributed by atoms with van der Waals surface area (Å²) in [5.41, 5.74) is 3.03. The zero-order valence-corrected chi connectivity index (χ0v) is 12.3. The number of aliphatic hydroxyl groups is 1. The molecule has 0 amide bonds. The van der Waals surface area contributed by atoms with Crippen LogP contribution in [0.25, 0.3) is 10.9 Å². The lowest BCUT2D eigenvalue weighted by atomic mass is 10.1. The molecule has 102 valence electrons. The Morgan fingerprint density at radius 2 is 1.85 bits per heavy atom. The standard InChI is InChI=1S/C16H13BrFNO/c17-14-8-11(1-3-15(14)18)9-19-6-5-13-7-12(10-20)2-4-16(13)19/h1-8,20H,9-10H2. The smallest absolute Gasteiger partial charge is 0.137 e. The van der Waals surface area contributed by atoms with Gasteiger partial charge in [-0.2, -0.15) is 0 Å². The molecule has 20 heavy (non-hydrogen) atoms. The molecule has 0 unspecified atom stereocenters. The first-order valence-corrected chi connectivity index (χ1v) is 7.09. The normalized spacial score (nSPS) is 11.2. The molecule has 0 aliphatic rings. The van der Waals surface area contributed by atoms with Crippen LogP contribution in [-0.2, 0) is 13.2 Å². The number of hydrogen-bond donors (Lipinski definition) is 1. The number of halogens is 2. The van der Waals surface area contributed by atoms with E-state index in [0.717, 1.165) is 22.0 Å². The molecule has 0 radical (unpaired) electrons. The van der Waals surface area contributed by atoms with Gasteiger partial charge in [-0.3, -0.25) is 0 Å². The van der Waals surface area contributed by atoms with Crippen molar-refractivity contribution in [1.29, 1.82) is 0 Å². The van der Waals surface area contributed by atoms with Gasteiger partial charge >= 0.3 is 0 Å². The van der Waals surface area contributed by atoms with Gasteiger partial charge in [-0.1, -0.05) is 12.1 Å². The largest absolute Gasteiger partial charge is 0.392 e. The van der Waals surface area contributed by atoms with Crippen LogP contribution >= 0.6 is 15.9 Å². The fourth-order valence-corrected chi connectivity index (χ4v) is 2.75. The predicted molar refractivity (Wildman–Crippen MR) is 81.1 cm³/mol. The number of rotatable bonds is 3. The first kappa shape index (κ1) is 13.3. The highest BCUT2D eigenvalue weighted by atomic mass is 79.9. The Hall–Kier alpha value is -1.65. The van der Waals surface area contributed by atoms with Crippen LogP contribution in [0.15, 0.2) is 53.1 Å². The number of aromatic nitrogens is 1. The first-order valence-electron chi connectivity index (χ1n) is 6.30. The molecule has 1 N–H and O–H groups in total. The van der Waals surface area contributed by atoms with Crippen LogP contribution in [0.2, 0.25) is 0 Å². The number of hydrogen-bond acceptors (Lipinski definition) is 1. The van der Waals surface area contributed by atoms with E-state index in [0.29, 0.717) is 11.0 Å². The van der Waals surface area contributed by atoms with Gasteiger partial charge in [-0.05, 0) is 62.8 Å². The molecule has 3 aromatic rings. The van der Waals surface area contributed by atoms with Crippen molar-refractivity contribution in [2.24, 2.45) is 0 Å². The highest BCUT2D eigenvalue weighted by molar-refractivity contribution is 9.10. The van der Waals surface area contributed by atoms with Gasteiger partial charge in [0, 0.05) is 18.3 Å². The van der Waals surface area contributed by atoms with Gasteiger partial charge < -0.3 is 9.67 Å². The predicted octanol–water partition coefficient (Wildman–Crippen LogP) is 4.08. The third-order valence-corrected chi connectivity index (χ3v) is 3.96. The van der Waals surface area contributed by atoms with Crippen LogP contribution in [0, 0.1) is 5.82 Å². The Kier molecular flexibility index (Phi) is 3.59. The van der Waals surface area contributed by atoms with Crippen LogP contribution in [0.3, 0.4) is 0 Å². The minimum atomic E-state index is -0.251. The molecule has 4 heteroatoms. The highest BCUT2D eigenvalue weighted by Gasteiger charge is 2.05. The second-order valence-corrected chi connectivity index (χ2v) is 5.60. The van der Waals surface area contributed by atoms with Crippen LogP contribution in [0.5, 0.6) is 0 Å². The van der Waals surface area contributed by atoms with Gasteiger partial charge in [-0.15, -0.1) is 0 Å². The van der Waals surface area contributed by atoms with E-state index in [1.165, 1.54) is 6.07 Å². The lowest BCUT2D eigenvalue weighted by Gasteiger charge is -2.07.